The van der Waals surface area contributed by atoms with Crippen molar-refractivity contribution in [1.82, 2.24) is 0 Å². The molecule has 0 saturated carbocycles. The molecule has 0 amide bonds. The van der Waals surface area contributed by atoms with Crippen LogP contribution in [0.1, 0.15) is 25.8 Å². The van der Waals surface area contributed by atoms with E-state index in [2.05, 4.69) is 19.9 Å². The molecule has 0 fully saturated rings. The number of nitrogens with zero attached hydrogens (tertiary/aromatic N) is 1. The van der Waals surface area contributed by atoms with E-state index in [9.17, 15) is 0 Å². The molecule has 92 valence electrons. The molecule has 0 unspecified atom stereocenters. The van der Waals surface area contributed by atoms with Gasteiger partial charge in [-0.1, -0.05) is 19.9 Å². The maximum absolute atomic E-state index is 8.75. The summed E-state index contributed by atoms with van der Waals surface area (Å²) in [6.07, 6.45) is 1.05. The van der Waals surface area contributed by atoms with Gasteiger partial charge >= 0.3 is 0 Å². The standard InChI is InChI=1S/C14H19NOS/c1-12(2)11-17-8-4-7-16-14-6-3-5-13(9-14)10-15/h3,5-6,9,12H,4,7-8,11H2,1-2H3. The van der Waals surface area contributed by atoms with Crippen molar-refractivity contribution in [2.75, 3.05) is 18.1 Å². The number of rotatable bonds is 7. The third kappa shape index (κ3) is 6.23. The van der Waals surface area contributed by atoms with Crippen molar-refractivity contribution in [3.63, 3.8) is 0 Å². The summed E-state index contributed by atoms with van der Waals surface area (Å²) in [5.41, 5.74) is 0.650. The van der Waals surface area contributed by atoms with Crippen LogP contribution in [0.5, 0.6) is 5.75 Å². The quantitative estimate of drug-likeness (QED) is 0.690. The molecule has 0 aliphatic heterocycles. The summed E-state index contributed by atoms with van der Waals surface area (Å²) in [6.45, 7) is 5.19. The van der Waals surface area contributed by atoms with E-state index in [1.807, 2.05) is 23.9 Å². The number of ether oxygens (including phenoxy) is 1. The molecule has 0 spiro atoms. The Morgan fingerprint density at radius 2 is 2.24 bits per heavy atom. The summed E-state index contributed by atoms with van der Waals surface area (Å²) in [5.74, 6) is 3.89. The molecule has 0 radical (unpaired) electrons. The molecule has 1 aromatic rings. The van der Waals surface area contributed by atoms with Gasteiger partial charge in [-0.15, -0.1) is 0 Å². The Morgan fingerprint density at radius 1 is 1.41 bits per heavy atom. The molecule has 3 heteroatoms. The number of benzene rings is 1. The fourth-order valence-electron chi connectivity index (χ4n) is 1.33. The molecule has 0 atom stereocenters. The van der Waals surface area contributed by atoms with E-state index in [1.165, 1.54) is 5.75 Å². The summed E-state index contributed by atoms with van der Waals surface area (Å²) in [5, 5.41) is 8.75. The van der Waals surface area contributed by atoms with Crippen LogP contribution in [0.4, 0.5) is 0 Å². The fourth-order valence-corrected chi connectivity index (χ4v) is 2.29. The lowest BCUT2D eigenvalue weighted by Gasteiger charge is -2.07. The van der Waals surface area contributed by atoms with E-state index < -0.39 is 0 Å². The Kier molecular flexibility index (Phi) is 6.57. The average molecular weight is 249 g/mol. The molecule has 1 aromatic carbocycles. The highest BCUT2D eigenvalue weighted by Crippen LogP contribution is 2.13. The monoisotopic (exact) mass is 249 g/mol. The largest absolute Gasteiger partial charge is 0.494 e. The van der Waals surface area contributed by atoms with Gasteiger partial charge in [0.1, 0.15) is 5.75 Å². The molecule has 1 rings (SSSR count). The molecule has 0 N–H and O–H groups in total. The molecule has 0 aliphatic carbocycles. The minimum absolute atomic E-state index is 0.650. The maximum atomic E-state index is 8.75. The third-order valence-corrected chi connectivity index (χ3v) is 3.60. The van der Waals surface area contributed by atoms with Gasteiger partial charge in [0.15, 0.2) is 0 Å². The third-order valence-electron chi connectivity index (χ3n) is 2.12. The maximum Gasteiger partial charge on any atom is 0.120 e. The van der Waals surface area contributed by atoms with Crippen molar-refractivity contribution in [3.8, 4) is 11.8 Å². The van der Waals surface area contributed by atoms with Crippen LogP contribution in [-0.4, -0.2) is 18.1 Å². The lowest BCUT2D eigenvalue weighted by atomic mass is 10.2. The highest BCUT2D eigenvalue weighted by molar-refractivity contribution is 7.99. The lowest BCUT2D eigenvalue weighted by Crippen LogP contribution is -2.00. The van der Waals surface area contributed by atoms with Crippen molar-refractivity contribution in [3.05, 3.63) is 29.8 Å². The number of nitriles is 1. The van der Waals surface area contributed by atoms with E-state index in [0.717, 1.165) is 30.4 Å². The summed E-state index contributed by atoms with van der Waals surface area (Å²) in [6, 6.07) is 9.41. The molecule has 0 aromatic heterocycles. The number of hydrogen-bond acceptors (Lipinski definition) is 3. The zero-order chi connectivity index (χ0) is 12.5. The van der Waals surface area contributed by atoms with Crippen LogP contribution in [0.25, 0.3) is 0 Å². The highest BCUT2D eigenvalue weighted by Gasteiger charge is 1.97. The molecule has 2 nitrogen and oxygen atoms in total. The van der Waals surface area contributed by atoms with Gasteiger partial charge in [-0.3, -0.25) is 0 Å². The highest BCUT2D eigenvalue weighted by atomic mass is 32.2. The van der Waals surface area contributed by atoms with E-state index >= 15 is 0 Å². The van der Waals surface area contributed by atoms with Gasteiger partial charge in [-0.2, -0.15) is 17.0 Å². The molecule has 17 heavy (non-hydrogen) atoms. The Labute approximate surface area is 108 Å². The van der Waals surface area contributed by atoms with Gasteiger partial charge in [-0.25, -0.2) is 0 Å². The summed E-state index contributed by atoms with van der Waals surface area (Å²) >= 11 is 1.97. The van der Waals surface area contributed by atoms with E-state index in [1.54, 1.807) is 12.1 Å². The molecule has 0 heterocycles. The Balaban J connectivity index is 2.16. The number of thioether (sulfide) groups is 1. The van der Waals surface area contributed by atoms with E-state index in [-0.39, 0.29) is 0 Å². The normalized spacial score (nSPS) is 10.2. The summed E-state index contributed by atoms with van der Waals surface area (Å²) < 4.78 is 5.59. The zero-order valence-corrected chi connectivity index (χ0v) is 11.3. The minimum atomic E-state index is 0.650. The van der Waals surface area contributed by atoms with Crippen molar-refractivity contribution >= 4 is 11.8 Å². The van der Waals surface area contributed by atoms with Crippen LogP contribution < -0.4 is 4.74 Å². The second-order valence-electron chi connectivity index (χ2n) is 4.31. The molecule has 0 saturated heterocycles. The first kappa shape index (κ1) is 13.9. The molecular formula is C14H19NOS. The predicted octanol–water partition coefficient (Wildman–Crippen LogP) is 3.72. The zero-order valence-electron chi connectivity index (χ0n) is 10.5. The second-order valence-corrected chi connectivity index (χ2v) is 5.46. The Bertz CT molecular complexity index is 371. The molecule has 0 aliphatic rings. The van der Waals surface area contributed by atoms with Crippen LogP contribution in [0.3, 0.4) is 0 Å². The first-order valence-corrected chi connectivity index (χ1v) is 7.08. The summed E-state index contributed by atoms with van der Waals surface area (Å²) in [4.78, 5) is 0. The van der Waals surface area contributed by atoms with Crippen molar-refractivity contribution in [1.29, 1.82) is 5.26 Å². The van der Waals surface area contributed by atoms with Crippen LogP contribution in [-0.2, 0) is 0 Å². The average Bonchev–Trinajstić information content (AvgIpc) is 2.33. The van der Waals surface area contributed by atoms with Crippen LogP contribution >= 0.6 is 11.8 Å². The first-order chi connectivity index (χ1) is 8.22. The van der Waals surface area contributed by atoms with Crippen molar-refractivity contribution in [2.24, 2.45) is 5.92 Å². The topological polar surface area (TPSA) is 33.0 Å². The SMILES string of the molecule is CC(C)CSCCCOc1cccc(C#N)c1. The van der Waals surface area contributed by atoms with Crippen molar-refractivity contribution < 1.29 is 4.74 Å². The smallest absolute Gasteiger partial charge is 0.120 e. The van der Waals surface area contributed by atoms with Gasteiger partial charge in [0.05, 0.1) is 18.2 Å². The second kappa shape index (κ2) is 8.03. The van der Waals surface area contributed by atoms with Gasteiger partial charge < -0.3 is 4.74 Å². The van der Waals surface area contributed by atoms with Gasteiger partial charge in [0.25, 0.3) is 0 Å². The summed E-state index contributed by atoms with van der Waals surface area (Å²) in [7, 11) is 0. The lowest BCUT2D eigenvalue weighted by molar-refractivity contribution is 0.318. The Morgan fingerprint density at radius 3 is 2.94 bits per heavy atom. The predicted molar refractivity (Wildman–Crippen MR) is 73.4 cm³/mol. The van der Waals surface area contributed by atoms with Crippen LogP contribution in [0.2, 0.25) is 0 Å². The number of hydrogen-bond donors (Lipinski definition) is 0. The molecular weight excluding hydrogens is 230 g/mol. The fraction of sp³-hybridized carbons (Fsp3) is 0.500. The minimum Gasteiger partial charge on any atom is -0.494 e. The van der Waals surface area contributed by atoms with Gasteiger partial charge in [-0.05, 0) is 42.0 Å². The van der Waals surface area contributed by atoms with Gasteiger partial charge in [0, 0.05) is 0 Å². The van der Waals surface area contributed by atoms with Crippen molar-refractivity contribution in [2.45, 2.75) is 20.3 Å². The van der Waals surface area contributed by atoms with Crippen LogP contribution in [0, 0.1) is 17.2 Å². The first-order valence-electron chi connectivity index (χ1n) is 5.93. The van der Waals surface area contributed by atoms with E-state index in [0.29, 0.717) is 5.56 Å². The van der Waals surface area contributed by atoms with E-state index in [4.69, 9.17) is 10.00 Å². The Hall–Kier alpha value is -1.14. The van der Waals surface area contributed by atoms with Gasteiger partial charge in [0.2, 0.25) is 0 Å². The van der Waals surface area contributed by atoms with Crippen LogP contribution in [0.15, 0.2) is 24.3 Å². The molecule has 0 bridgehead atoms.